The molecule has 0 aromatic heterocycles. The van der Waals surface area contributed by atoms with Gasteiger partial charge in [-0.05, 0) is 30.7 Å². The van der Waals surface area contributed by atoms with Crippen LogP contribution in [0.4, 0.5) is 13.6 Å². The first-order valence-electron chi connectivity index (χ1n) is 7.05. The number of hydrogen-bond donors (Lipinski definition) is 1. The number of benzene rings is 2. The SMILES string of the molecule is C[C@]1(c2ccccc2F)NC(=O)N(Cc2ccc(F)cc2)C1=O. The molecule has 3 rings (SSSR count). The van der Waals surface area contributed by atoms with Gasteiger partial charge in [-0.3, -0.25) is 9.69 Å². The van der Waals surface area contributed by atoms with Crippen LogP contribution in [0.2, 0.25) is 0 Å². The average Bonchev–Trinajstić information content (AvgIpc) is 2.74. The Balaban J connectivity index is 1.91. The van der Waals surface area contributed by atoms with Gasteiger partial charge in [0.2, 0.25) is 0 Å². The predicted molar refractivity (Wildman–Crippen MR) is 79.2 cm³/mol. The van der Waals surface area contributed by atoms with Crippen molar-refractivity contribution in [3.05, 3.63) is 71.3 Å². The summed E-state index contributed by atoms with van der Waals surface area (Å²) in [6, 6.07) is 10.7. The number of amides is 3. The molecule has 3 amide bonds. The highest BCUT2D eigenvalue weighted by Crippen LogP contribution is 2.31. The maximum atomic E-state index is 14.0. The lowest BCUT2D eigenvalue weighted by Gasteiger charge is -2.22. The van der Waals surface area contributed by atoms with Gasteiger partial charge < -0.3 is 5.32 Å². The van der Waals surface area contributed by atoms with Gasteiger partial charge in [0.25, 0.3) is 5.91 Å². The number of imide groups is 1. The minimum Gasteiger partial charge on any atom is -0.319 e. The summed E-state index contributed by atoms with van der Waals surface area (Å²) in [5.41, 5.74) is -0.740. The number of halogens is 2. The van der Waals surface area contributed by atoms with E-state index >= 15 is 0 Å². The molecule has 2 aromatic carbocycles. The van der Waals surface area contributed by atoms with Gasteiger partial charge in [0.1, 0.15) is 17.2 Å². The van der Waals surface area contributed by atoms with Crippen molar-refractivity contribution in [3.63, 3.8) is 0 Å². The van der Waals surface area contributed by atoms with Crippen molar-refractivity contribution < 1.29 is 18.4 Å². The molecule has 23 heavy (non-hydrogen) atoms. The number of urea groups is 1. The van der Waals surface area contributed by atoms with Crippen LogP contribution in [0.25, 0.3) is 0 Å². The number of hydrogen-bond acceptors (Lipinski definition) is 2. The molecular weight excluding hydrogens is 302 g/mol. The summed E-state index contributed by atoms with van der Waals surface area (Å²) in [5.74, 6) is -1.51. The van der Waals surface area contributed by atoms with Crippen molar-refractivity contribution >= 4 is 11.9 Å². The molecule has 4 nitrogen and oxygen atoms in total. The first-order chi connectivity index (χ1) is 10.9. The van der Waals surface area contributed by atoms with Crippen LogP contribution < -0.4 is 5.32 Å². The lowest BCUT2D eigenvalue weighted by atomic mass is 9.91. The van der Waals surface area contributed by atoms with Gasteiger partial charge in [0.15, 0.2) is 0 Å². The van der Waals surface area contributed by atoms with Gasteiger partial charge in [-0.25, -0.2) is 13.6 Å². The molecule has 2 aromatic rings. The number of rotatable bonds is 3. The summed E-state index contributed by atoms with van der Waals surface area (Å²) in [7, 11) is 0. The third-order valence-corrected chi connectivity index (χ3v) is 3.94. The van der Waals surface area contributed by atoms with E-state index in [0.29, 0.717) is 5.56 Å². The van der Waals surface area contributed by atoms with Crippen molar-refractivity contribution in [2.45, 2.75) is 19.0 Å². The van der Waals surface area contributed by atoms with Crippen LogP contribution >= 0.6 is 0 Å². The summed E-state index contributed by atoms with van der Waals surface area (Å²) < 4.78 is 27.0. The molecule has 0 aliphatic carbocycles. The van der Waals surface area contributed by atoms with Crippen molar-refractivity contribution in [3.8, 4) is 0 Å². The summed E-state index contributed by atoms with van der Waals surface area (Å²) in [6.07, 6.45) is 0. The minimum atomic E-state index is -1.46. The fraction of sp³-hybridized carbons (Fsp3) is 0.176. The molecule has 0 unspecified atom stereocenters. The van der Waals surface area contributed by atoms with Gasteiger partial charge in [-0.15, -0.1) is 0 Å². The molecule has 1 N–H and O–H groups in total. The zero-order valence-corrected chi connectivity index (χ0v) is 12.3. The zero-order valence-electron chi connectivity index (χ0n) is 12.3. The van der Waals surface area contributed by atoms with E-state index < -0.39 is 29.1 Å². The average molecular weight is 316 g/mol. The van der Waals surface area contributed by atoms with Crippen LogP contribution in [-0.4, -0.2) is 16.8 Å². The third-order valence-electron chi connectivity index (χ3n) is 3.94. The van der Waals surface area contributed by atoms with E-state index in [1.807, 2.05) is 0 Å². The van der Waals surface area contributed by atoms with E-state index in [-0.39, 0.29) is 12.1 Å². The maximum Gasteiger partial charge on any atom is 0.325 e. The molecule has 1 fully saturated rings. The van der Waals surface area contributed by atoms with Crippen LogP contribution in [-0.2, 0) is 16.9 Å². The van der Waals surface area contributed by atoms with E-state index in [1.165, 1.54) is 49.4 Å². The normalized spacial score (nSPS) is 20.7. The van der Waals surface area contributed by atoms with Crippen LogP contribution in [0, 0.1) is 11.6 Å². The molecule has 0 saturated carbocycles. The largest absolute Gasteiger partial charge is 0.325 e. The van der Waals surface area contributed by atoms with Gasteiger partial charge in [0, 0.05) is 5.56 Å². The lowest BCUT2D eigenvalue weighted by Crippen LogP contribution is -2.41. The molecule has 1 heterocycles. The highest BCUT2D eigenvalue weighted by molar-refractivity contribution is 6.07. The van der Waals surface area contributed by atoms with Crippen LogP contribution in [0.15, 0.2) is 48.5 Å². The summed E-state index contributed by atoms with van der Waals surface area (Å²) in [6.45, 7) is 1.46. The second kappa shape index (κ2) is 5.46. The molecule has 118 valence electrons. The van der Waals surface area contributed by atoms with E-state index in [4.69, 9.17) is 0 Å². The van der Waals surface area contributed by atoms with Crippen molar-refractivity contribution in [2.24, 2.45) is 0 Å². The molecule has 1 aliphatic rings. The van der Waals surface area contributed by atoms with E-state index in [9.17, 15) is 18.4 Å². The fourth-order valence-electron chi connectivity index (χ4n) is 2.66. The van der Waals surface area contributed by atoms with Gasteiger partial charge in [0.05, 0.1) is 6.54 Å². The summed E-state index contributed by atoms with van der Waals surface area (Å²) in [5, 5.41) is 2.54. The first kappa shape index (κ1) is 15.1. The lowest BCUT2D eigenvalue weighted by molar-refractivity contribution is -0.131. The first-order valence-corrected chi connectivity index (χ1v) is 7.05. The Bertz CT molecular complexity index is 776. The fourth-order valence-corrected chi connectivity index (χ4v) is 2.66. The Labute approximate surface area is 131 Å². The highest BCUT2D eigenvalue weighted by Gasteiger charge is 2.50. The molecule has 0 bridgehead atoms. The van der Waals surface area contributed by atoms with Crippen molar-refractivity contribution in [1.29, 1.82) is 0 Å². The van der Waals surface area contributed by atoms with Crippen LogP contribution in [0.1, 0.15) is 18.1 Å². The van der Waals surface area contributed by atoms with Gasteiger partial charge in [-0.2, -0.15) is 0 Å². The number of nitrogens with one attached hydrogen (secondary N) is 1. The van der Waals surface area contributed by atoms with Gasteiger partial charge >= 0.3 is 6.03 Å². The molecule has 1 atom stereocenters. The topological polar surface area (TPSA) is 49.4 Å². The summed E-state index contributed by atoms with van der Waals surface area (Å²) in [4.78, 5) is 25.8. The van der Waals surface area contributed by atoms with Crippen LogP contribution in [0.3, 0.4) is 0 Å². The molecule has 1 saturated heterocycles. The Morgan fingerprint density at radius 2 is 1.70 bits per heavy atom. The molecule has 1 aliphatic heterocycles. The zero-order chi connectivity index (χ0) is 16.6. The standard InChI is InChI=1S/C17H14F2N2O2/c1-17(13-4-2-3-5-14(13)19)15(22)21(16(23)20-17)10-11-6-8-12(18)9-7-11/h2-9H,10H2,1H3,(H,20,23)/t17-/m1/s1. The molecule has 0 spiro atoms. The van der Waals surface area contributed by atoms with Crippen molar-refractivity contribution in [1.82, 2.24) is 10.2 Å². The molecule has 0 radical (unpaired) electrons. The number of nitrogens with zero attached hydrogens (tertiary/aromatic N) is 1. The maximum absolute atomic E-state index is 14.0. The van der Waals surface area contributed by atoms with Crippen LogP contribution in [0.5, 0.6) is 0 Å². The molecular formula is C17H14F2N2O2. The van der Waals surface area contributed by atoms with E-state index in [1.54, 1.807) is 6.07 Å². The molecule has 6 heteroatoms. The number of carbonyl (C=O) groups is 2. The summed E-state index contributed by atoms with van der Waals surface area (Å²) >= 11 is 0. The Morgan fingerprint density at radius 3 is 2.35 bits per heavy atom. The smallest absolute Gasteiger partial charge is 0.319 e. The quantitative estimate of drug-likeness (QED) is 0.885. The van der Waals surface area contributed by atoms with E-state index in [2.05, 4.69) is 5.32 Å². The van der Waals surface area contributed by atoms with E-state index in [0.717, 1.165) is 4.90 Å². The monoisotopic (exact) mass is 316 g/mol. The Morgan fingerprint density at radius 1 is 1.04 bits per heavy atom. The predicted octanol–water partition coefficient (Wildman–Crippen LogP) is 2.93. The number of carbonyl (C=O) groups excluding carboxylic acids is 2. The minimum absolute atomic E-state index is 0.00497. The third kappa shape index (κ3) is 2.56. The van der Waals surface area contributed by atoms with Gasteiger partial charge in [-0.1, -0.05) is 30.3 Å². The Kier molecular flexibility index (Phi) is 3.60. The Hall–Kier alpha value is -2.76. The highest BCUT2D eigenvalue weighted by atomic mass is 19.1. The second-order valence-electron chi connectivity index (χ2n) is 5.55. The second-order valence-corrected chi connectivity index (χ2v) is 5.55. The van der Waals surface area contributed by atoms with Crippen molar-refractivity contribution in [2.75, 3.05) is 0 Å².